The Morgan fingerprint density at radius 2 is 1.00 bits per heavy atom. The lowest BCUT2D eigenvalue weighted by molar-refractivity contribution is 0.591. The van der Waals surface area contributed by atoms with Gasteiger partial charge in [-0.05, 0) is 82.0 Å². The minimum absolute atomic E-state index is 0.123. The second-order valence-corrected chi connectivity index (χ2v) is 10.6. The molecule has 0 fully saturated rings. The summed E-state index contributed by atoms with van der Waals surface area (Å²) in [6.45, 7) is 6.89. The Hall–Kier alpha value is -3.90. The highest BCUT2D eigenvalue weighted by atomic mass is 14.2. The van der Waals surface area contributed by atoms with E-state index in [-0.39, 0.29) is 5.41 Å². The molecule has 0 heteroatoms. The minimum Gasteiger partial charge on any atom is -0.0616 e. The van der Waals surface area contributed by atoms with Gasteiger partial charge in [-0.3, -0.25) is 0 Å². The van der Waals surface area contributed by atoms with Gasteiger partial charge in [0.05, 0.1) is 0 Å². The Kier molecular flexibility index (Phi) is 3.92. The van der Waals surface area contributed by atoms with E-state index in [2.05, 4.69) is 124 Å². The van der Waals surface area contributed by atoms with Crippen molar-refractivity contribution in [2.75, 3.05) is 0 Å². The maximum absolute atomic E-state index is 2.39. The fourth-order valence-electron chi connectivity index (χ4n) is 5.77. The molecule has 0 amide bonds. The molecule has 7 aromatic carbocycles. The van der Waals surface area contributed by atoms with Crippen molar-refractivity contribution in [3.8, 4) is 11.1 Å². The van der Waals surface area contributed by atoms with E-state index >= 15 is 0 Å². The van der Waals surface area contributed by atoms with Crippen LogP contribution in [0.25, 0.3) is 65.0 Å². The van der Waals surface area contributed by atoms with Crippen molar-refractivity contribution in [1.82, 2.24) is 0 Å². The SMILES string of the molecule is CC(C)(C)c1cc2ccc3ccc(-c4c5ccccc5cc5ccccc45)c4ccc(c1)c2c34. The Morgan fingerprint density at radius 1 is 0.441 bits per heavy atom. The molecule has 0 aliphatic carbocycles. The van der Waals surface area contributed by atoms with Gasteiger partial charge in [0.2, 0.25) is 0 Å². The second kappa shape index (κ2) is 6.81. The molecule has 0 bridgehead atoms. The van der Waals surface area contributed by atoms with E-state index in [0.29, 0.717) is 0 Å². The van der Waals surface area contributed by atoms with Crippen LogP contribution in [0.3, 0.4) is 0 Å². The zero-order valence-electron chi connectivity index (χ0n) is 19.8. The first kappa shape index (κ1) is 19.6. The molecule has 0 saturated heterocycles. The monoisotopic (exact) mass is 434 g/mol. The highest BCUT2D eigenvalue weighted by molar-refractivity contribution is 6.27. The van der Waals surface area contributed by atoms with Crippen LogP contribution in [0.4, 0.5) is 0 Å². The summed E-state index contributed by atoms with van der Waals surface area (Å²) in [5.74, 6) is 0. The Morgan fingerprint density at radius 3 is 1.65 bits per heavy atom. The van der Waals surface area contributed by atoms with Gasteiger partial charge in [0.15, 0.2) is 0 Å². The van der Waals surface area contributed by atoms with Crippen LogP contribution in [0, 0.1) is 0 Å². The fraction of sp³-hybridized carbons (Fsp3) is 0.118. The van der Waals surface area contributed by atoms with E-state index in [0.717, 1.165) is 0 Å². The quantitative estimate of drug-likeness (QED) is 0.178. The van der Waals surface area contributed by atoms with E-state index in [4.69, 9.17) is 0 Å². The predicted molar refractivity (Wildman–Crippen MR) is 149 cm³/mol. The number of rotatable bonds is 1. The lowest BCUT2D eigenvalue weighted by atomic mass is 9.82. The third-order valence-electron chi connectivity index (χ3n) is 7.51. The lowest BCUT2D eigenvalue weighted by Crippen LogP contribution is -2.10. The van der Waals surface area contributed by atoms with Gasteiger partial charge in [-0.15, -0.1) is 0 Å². The van der Waals surface area contributed by atoms with Crippen molar-refractivity contribution in [2.45, 2.75) is 26.2 Å². The summed E-state index contributed by atoms with van der Waals surface area (Å²) < 4.78 is 0. The molecule has 0 aliphatic heterocycles. The van der Waals surface area contributed by atoms with Crippen molar-refractivity contribution in [3.63, 3.8) is 0 Å². The molecular weight excluding hydrogens is 408 g/mol. The standard InChI is InChI=1S/C34H26/c1-34(2,3)26-19-24-13-12-21-14-16-30(29-17-15-25(20-26)31(24)32(21)29)33-27-10-6-4-8-22(27)18-23-9-5-7-11-28(23)33/h4-20H,1-3H3. The van der Waals surface area contributed by atoms with E-state index < -0.39 is 0 Å². The van der Waals surface area contributed by atoms with E-state index in [1.54, 1.807) is 0 Å². The van der Waals surface area contributed by atoms with Crippen molar-refractivity contribution in [1.29, 1.82) is 0 Å². The van der Waals surface area contributed by atoms with Crippen molar-refractivity contribution in [3.05, 3.63) is 109 Å². The number of fused-ring (bicyclic) bond motifs is 2. The van der Waals surface area contributed by atoms with Gasteiger partial charge in [-0.2, -0.15) is 0 Å². The Bertz CT molecular complexity index is 1810. The third-order valence-corrected chi connectivity index (χ3v) is 7.51. The molecule has 162 valence electrons. The molecule has 0 unspecified atom stereocenters. The first-order chi connectivity index (χ1) is 16.5. The predicted octanol–water partition coefficient (Wildman–Crippen LogP) is 9.85. The third kappa shape index (κ3) is 2.72. The van der Waals surface area contributed by atoms with Gasteiger partial charge in [-0.1, -0.05) is 118 Å². The molecule has 0 aromatic heterocycles. The second-order valence-electron chi connectivity index (χ2n) is 10.6. The molecular formula is C34H26. The molecule has 7 rings (SSSR count). The van der Waals surface area contributed by atoms with E-state index in [1.165, 1.54) is 70.6 Å². The topological polar surface area (TPSA) is 0 Å². The van der Waals surface area contributed by atoms with Crippen LogP contribution in [0.15, 0.2) is 103 Å². The van der Waals surface area contributed by atoms with Crippen LogP contribution in [0.2, 0.25) is 0 Å². The van der Waals surface area contributed by atoms with Gasteiger partial charge < -0.3 is 0 Å². The fourth-order valence-corrected chi connectivity index (χ4v) is 5.77. The van der Waals surface area contributed by atoms with Gasteiger partial charge in [0, 0.05) is 0 Å². The maximum Gasteiger partial charge on any atom is -0.00206 e. The zero-order chi connectivity index (χ0) is 23.0. The summed E-state index contributed by atoms with van der Waals surface area (Å²) in [5, 5.41) is 13.3. The normalized spacial score (nSPS) is 12.6. The number of benzene rings is 7. The van der Waals surface area contributed by atoms with Crippen molar-refractivity contribution in [2.24, 2.45) is 0 Å². The van der Waals surface area contributed by atoms with Crippen molar-refractivity contribution >= 4 is 53.9 Å². The first-order valence-electron chi connectivity index (χ1n) is 12.1. The van der Waals surface area contributed by atoms with Gasteiger partial charge >= 0.3 is 0 Å². The molecule has 7 aromatic rings. The molecule has 0 heterocycles. The summed E-state index contributed by atoms with van der Waals surface area (Å²) in [6, 6.07) is 38.6. The molecule has 0 atom stereocenters. The summed E-state index contributed by atoms with van der Waals surface area (Å²) in [4.78, 5) is 0. The summed E-state index contributed by atoms with van der Waals surface area (Å²) >= 11 is 0. The molecule has 0 saturated carbocycles. The van der Waals surface area contributed by atoms with E-state index in [9.17, 15) is 0 Å². The van der Waals surface area contributed by atoms with Crippen LogP contribution < -0.4 is 0 Å². The molecule has 0 radical (unpaired) electrons. The van der Waals surface area contributed by atoms with Gasteiger partial charge in [-0.25, -0.2) is 0 Å². The molecule has 0 spiro atoms. The van der Waals surface area contributed by atoms with Crippen LogP contribution in [-0.2, 0) is 5.41 Å². The highest BCUT2D eigenvalue weighted by Gasteiger charge is 2.19. The van der Waals surface area contributed by atoms with Crippen LogP contribution in [0.5, 0.6) is 0 Å². The van der Waals surface area contributed by atoms with Crippen LogP contribution in [-0.4, -0.2) is 0 Å². The van der Waals surface area contributed by atoms with Crippen molar-refractivity contribution < 1.29 is 0 Å². The smallest absolute Gasteiger partial charge is 0.00206 e. The largest absolute Gasteiger partial charge is 0.0616 e. The van der Waals surface area contributed by atoms with E-state index in [1.807, 2.05) is 0 Å². The lowest BCUT2D eigenvalue weighted by Gasteiger charge is -2.22. The minimum atomic E-state index is 0.123. The average molecular weight is 435 g/mol. The Labute approximate surface area is 199 Å². The number of hydrogen-bond donors (Lipinski definition) is 0. The highest BCUT2D eigenvalue weighted by Crippen LogP contribution is 2.44. The number of hydrogen-bond acceptors (Lipinski definition) is 0. The Balaban J connectivity index is 1.66. The van der Waals surface area contributed by atoms with Gasteiger partial charge in [0.1, 0.15) is 0 Å². The molecule has 0 nitrogen and oxygen atoms in total. The zero-order valence-corrected chi connectivity index (χ0v) is 19.8. The van der Waals surface area contributed by atoms with Gasteiger partial charge in [0.25, 0.3) is 0 Å². The average Bonchev–Trinajstić information content (AvgIpc) is 2.85. The molecule has 34 heavy (non-hydrogen) atoms. The molecule has 0 N–H and O–H groups in total. The maximum atomic E-state index is 2.39. The first-order valence-corrected chi connectivity index (χ1v) is 12.1. The van der Waals surface area contributed by atoms with Crippen LogP contribution >= 0.6 is 0 Å². The summed E-state index contributed by atoms with van der Waals surface area (Å²) in [5.41, 5.74) is 4.16. The molecule has 0 aliphatic rings. The van der Waals surface area contributed by atoms with Crippen LogP contribution in [0.1, 0.15) is 26.3 Å². The summed E-state index contributed by atoms with van der Waals surface area (Å²) in [7, 11) is 0. The summed E-state index contributed by atoms with van der Waals surface area (Å²) in [6.07, 6.45) is 0.